The Hall–Kier alpha value is -3.46. The number of ether oxygens (including phenoxy) is 2. The van der Waals surface area contributed by atoms with Gasteiger partial charge in [-0.1, -0.05) is 13.0 Å². The second-order valence-corrected chi connectivity index (χ2v) is 9.74. The lowest BCUT2D eigenvalue weighted by molar-refractivity contribution is -0.117. The van der Waals surface area contributed by atoms with Gasteiger partial charge in [-0.3, -0.25) is 19.4 Å². The maximum Gasteiger partial charge on any atom is 0.272 e. The number of amides is 3. The van der Waals surface area contributed by atoms with Crippen molar-refractivity contribution in [2.45, 2.75) is 38.8 Å². The van der Waals surface area contributed by atoms with E-state index in [1.165, 1.54) is 0 Å². The Morgan fingerprint density at radius 3 is 2.58 bits per heavy atom. The van der Waals surface area contributed by atoms with Crippen molar-refractivity contribution >= 4 is 23.4 Å². The first-order chi connectivity index (χ1) is 17.3. The number of likely N-dealkylation sites (N-methyl/N-ethyl adjacent to an activating group) is 1. The van der Waals surface area contributed by atoms with Crippen molar-refractivity contribution < 1.29 is 23.9 Å². The van der Waals surface area contributed by atoms with Crippen LogP contribution in [0.15, 0.2) is 42.6 Å². The van der Waals surface area contributed by atoms with Crippen molar-refractivity contribution in [1.82, 2.24) is 14.8 Å². The van der Waals surface area contributed by atoms with Crippen LogP contribution in [0.5, 0.6) is 5.75 Å². The quantitative estimate of drug-likeness (QED) is 0.701. The molecule has 9 nitrogen and oxygen atoms in total. The minimum Gasteiger partial charge on any atom is -0.491 e. The molecule has 1 N–H and O–H groups in total. The standard InChI is InChI=1S/C27H34N4O5/c1-17-14-31(27(34)22-7-5-6-12-28-22)18(2)16-36-23-13-20(29-25(32)19-8-9-19)10-11-21(23)26(33)30(3)15-24(17)35-4/h5-7,10-13,17-19,24H,8-9,14-16H2,1-4H3,(H,29,32)/t17-,18-,24-/m1/s1. The van der Waals surface area contributed by atoms with Gasteiger partial charge in [0.15, 0.2) is 0 Å². The summed E-state index contributed by atoms with van der Waals surface area (Å²) in [6, 6.07) is 10.0. The van der Waals surface area contributed by atoms with Gasteiger partial charge in [-0.25, -0.2) is 0 Å². The van der Waals surface area contributed by atoms with Crippen LogP contribution in [-0.2, 0) is 9.53 Å². The maximum absolute atomic E-state index is 13.4. The number of nitrogens with one attached hydrogen (secondary N) is 1. The van der Waals surface area contributed by atoms with Gasteiger partial charge in [0.25, 0.3) is 11.8 Å². The first-order valence-electron chi connectivity index (χ1n) is 12.4. The van der Waals surface area contributed by atoms with Crippen LogP contribution in [0, 0.1) is 11.8 Å². The highest BCUT2D eigenvalue weighted by molar-refractivity contribution is 5.99. The SMILES string of the molecule is CO[C@@H]1CN(C)C(=O)c2ccc(NC(=O)C3CC3)cc2OC[C@@H](C)N(C(=O)c2ccccn2)C[C@H]1C. The zero-order valence-electron chi connectivity index (χ0n) is 21.3. The minimum atomic E-state index is -0.315. The number of rotatable bonds is 4. The fourth-order valence-corrected chi connectivity index (χ4v) is 4.36. The predicted molar refractivity (Wildman–Crippen MR) is 135 cm³/mol. The molecule has 9 heteroatoms. The molecule has 36 heavy (non-hydrogen) atoms. The highest BCUT2D eigenvalue weighted by Crippen LogP contribution is 2.32. The molecule has 4 rings (SSSR count). The number of benzene rings is 1. The molecule has 0 saturated heterocycles. The third kappa shape index (κ3) is 5.84. The molecule has 0 bridgehead atoms. The summed E-state index contributed by atoms with van der Waals surface area (Å²) < 4.78 is 11.9. The summed E-state index contributed by atoms with van der Waals surface area (Å²) in [6.07, 6.45) is 3.10. The molecular formula is C27H34N4O5. The van der Waals surface area contributed by atoms with E-state index in [0.29, 0.717) is 35.8 Å². The number of methoxy groups -OCH3 is 1. The number of nitrogens with zero attached hydrogens (tertiary/aromatic N) is 3. The van der Waals surface area contributed by atoms with E-state index >= 15 is 0 Å². The molecule has 1 fully saturated rings. The number of hydrogen-bond acceptors (Lipinski definition) is 6. The Balaban J connectivity index is 1.66. The maximum atomic E-state index is 13.4. The van der Waals surface area contributed by atoms with Gasteiger partial charge >= 0.3 is 0 Å². The lowest BCUT2D eigenvalue weighted by Gasteiger charge is -2.36. The van der Waals surface area contributed by atoms with E-state index in [1.54, 1.807) is 66.6 Å². The number of carbonyl (C=O) groups is 3. The van der Waals surface area contributed by atoms with Crippen molar-refractivity contribution in [1.29, 1.82) is 0 Å². The molecule has 1 aromatic carbocycles. The third-order valence-corrected chi connectivity index (χ3v) is 6.81. The van der Waals surface area contributed by atoms with Gasteiger partial charge in [-0.05, 0) is 44.0 Å². The molecule has 192 valence electrons. The van der Waals surface area contributed by atoms with E-state index in [2.05, 4.69) is 10.3 Å². The lowest BCUT2D eigenvalue weighted by atomic mass is 10.0. The zero-order valence-corrected chi connectivity index (χ0v) is 21.3. The average Bonchev–Trinajstić information content (AvgIpc) is 3.74. The molecule has 0 spiro atoms. The lowest BCUT2D eigenvalue weighted by Crippen LogP contribution is -2.48. The first-order valence-corrected chi connectivity index (χ1v) is 12.4. The van der Waals surface area contributed by atoms with Gasteiger partial charge in [0.2, 0.25) is 5.91 Å². The zero-order chi connectivity index (χ0) is 25.8. The predicted octanol–water partition coefficient (Wildman–Crippen LogP) is 3.08. The van der Waals surface area contributed by atoms with Crippen LogP contribution >= 0.6 is 0 Å². The molecule has 2 heterocycles. The normalized spacial score (nSPS) is 23.1. The summed E-state index contributed by atoms with van der Waals surface area (Å²) in [4.78, 5) is 46.6. The molecule has 1 aliphatic carbocycles. The molecule has 2 aliphatic rings. The van der Waals surface area contributed by atoms with Gasteiger partial charge in [0.05, 0.1) is 17.7 Å². The average molecular weight is 495 g/mol. The fourth-order valence-electron chi connectivity index (χ4n) is 4.36. The van der Waals surface area contributed by atoms with Crippen LogP contribution < -0.4 is 10.1 Å². The molecular weight excluding hydrogens is 460 g/mol. The summed E-state index contributed by atoms with van der Waals surface area (Å²) in [6.45, 7) is 4.83. The summed E-state index contributed by atoms with van der Waals surface area (Å²) in [7, 11) is 3.34. The Morgan fingerprint density at radius 2 is 1.92 bits per heavy atom. The number of anilines is 1. The minimum absolute atomic E-state index is 0.0241. The number of carbonyl (C=O) groups excluding carboxylic acids is 3. The summed E-state index contributed by atoms with van der Waals surface area (Å²) in [5.74, 6) is -0.0586. The molecule has 0 unspecified atom stereocenters. The largest absolute Gasteiger partial charge is 0.491 e. The Labute approximate surface area is 211 Å². The Kier molecular flexibility index (Phi) is 7.88. The summed E-state index contributed by atoms with van der Waals surface area (Å²) in [5.41, 5.74) is 1.32. The topological polar surface area (TPSA) is 101 Å². The van der Waals surface area contributed by atoms with E-state index in [9.17, 15) is 14.4 Å². The highest BCUT2D eigenvalue weighted by atomic mass is 16.5. The molecule has 0 radical (unpaired) electrons. The van der Waals surface area contributed by atoms with Crippen LogP contribution in [-0.4, -0.2) is 78.5 Å². The molecule has 2 aromatic rings. The van der Waals surface area contributed by atoms with Gasteiger partial charge in [-0.15, -0.1) is 0 Å². The van der Waals surface area contributed by atoms with Crippen LogP contribution in [0.4, 0.5) is 5.69 Å². The van der Waals surface area contributed by atoms with E-state index in [-0.39, 0.29) is 48.3 Å². The van der Waals surface area contributed by atoms with E-state index < -0.39 is 0 Å². The molecule has 3 amide bonds. The van der Waals surface area contributed by atoms with Crippen molar-refractivity contribution in [3.63, 3.8) is 0 Å². The summed E-state index contributed by atoms with van der Waals surface area (Å²) >= 11 is 0. The van der Waals surface area contributed by atoms with Crippen LogP contribution in [0.2, 0.25) is 0 Å². The Morgan fingerprint density at radius 1 is 1.14 bits per heavy atom. The van der Waals surface area contributed by atoms with Crippen molar-refractivity contribution in [2.24, 2.45) is 11.8 Å². The fraction of sp³-hybridized carbons (Fsp3) is 0.481. The van der Waals surface area contributed by atoms with Crippen molar-refractivity contribution in [3.05, 3.63) is 53.9 Å². The third-order valence-electron chi connectivity index (χ3n) is 6.81. The molecule has 1 saturated carbocycles. The van der Waals surface area contributed by atoms with E-state index in [1.807, 2.05) is 13.8 Å². The number of pyridine rings is 1. The van der Waals surface area contributed by atoms with Crippen LogP contribution in [0.3, 0.4) is 0 Å². The van der Waals surface area contributed by atoms with Crippen molar-refractivity contribution in [2.75, 3.05) is 39.2 Å². The number of fused-ring (bicyclic) bond motifs is 1. The van der Waals surface area contributed by atoms with Crippen LogP contribution in [0.1, 0.15) is 47.5 Å². The number of aromatic nitrogens is 1. The van der Waals surface area contributed by atoms with Crippen molar-refractivity contribution in [3.8, 4) is 5.75 Å². The first kappa shape index (κ1) is 25.6. The molecule has 1 aliphatic heterocycles. The van der Waals surface area contributed by atoms with Gasteiger partial charge in [0.1, 0.15) is 18.1 Å². The highest BCUT2D eigenvalue weighted by Gasteiger charge is 2.32. The monoisotopic (exact) mass is 494 g/mol. The second kappa shape index (κ2) is 11.1. The smallest absolute Gasteiger partial charge is 0.272 e. The van der Waals surface area contributed by atoms with Crippen LogP contribution in [0.25, 0.3) is 0 Å². The van der Waals surface area contributed by atoms with E-state index in [4.69, 9.17) is 9.47 Å². The van der Waals surface area contributed by atoms with E-state index in [0.717, 1.165) is 12.8 Å². The van der Waals surface area contributed by atoms with Gasteiger partial charge < -0.3 is 24.6 Å². The molecule has 1 aromatic heterocycles. The Bertz CT molecular complexity index is 1100. The second-order valence-electron chi connectivity index (χ2n) is 9.74. The summed E-state index contributed by atoms with van der Waals surface area (Å²) in [5, 5.41) is 2.91. The van der Waals surface area contributed by atoms with Gasteiger partial charge in [0, 0.05) is 57.0 Å². The molecule has 3 atom stereocenters. The van der Waals surface area contributed by atoms with Gasteiger partial charge in [-0.2, -0.15) is 0 Å². The number of hydrogen-bond donors (Lipinski definition) is 1.